The molecule has 258 valence electrons. The molecular weight excluding hydrogens is 645 g/mol. The summed E-state index contributed by atoms with van der Waals surface area (Å²) in [5.74, 6) is 0.0253. The SMILES string of the molecule is C#Cc1c(F)ccc2cc(O)cc(-c3c(F)cc4c(N5CC6CCC(C5)N6)nc(OCC5(CN6CCC7(CC6)CNC7=O)CC5)nc4c3F)c12. The van der Waals surface area contributed by atoms with Crippen LogP contribution in [0.2, 0.25) is 0 Å². The normalized spacial score (nSPS) is 23.6. The van der Waals surface area contributed by atoms with E-state index in [1.54, 1.807) is 0 Å². The summed E-state index contributed by atoms with van der Waals surface area (Å²) in [4.78, 5) is 25.9. The molecule has 3 aromatic carbocycles. The fourth-order valence-corrected chi connectivity index (χ4v) is 8.62. The molecule has 1 aromatic heterocycles. The van der Waals surface area contributed by atoms with Gasteiger partial charge in [0.05, 0.1) is 23.1 Å². The molecule has 5 heterocycles. The van der Waals surface area contributed by atoms with Gasteiger partial charge in [-0.25, -0.2) is 13.2 Å². The summed E-state index contributed by atoms with van der Waals surface area (Å²) < 4.78 is 54.4. The number of aromatic nitrogens is 2. The Labute approximate surface area is 287 Å². The molecule has 9 rings (SSSR count). The zero-order valence-electron chi connectivity index (χ0n) is 27.5. The molecule has 1 saturated carbocycles. The van der Waals surface area contributed by atoms with Crippen molar-refractivity contribution in [2.24, 2.45) is 10.8 Å². The number of phenols is 1. The number of piperidine rings is 1. The van der Waals surface area contributed by atoms with Crippen molar-refractivity contribution in [2.75, 3.05) is 50.8 Å². The fourth-order valence-electron chi connectivity index (χ4n) is 8.62. The topological polar surface area (TPSA) is 103 Å². The van der Waals surface area contributed by atoms with Gasteiger partial charge in [-0.3, -0.25) is 4.79 Å². The van der Waals surface area contributed by atoms with Crippen LogP contribution in [0.3, 0.4) is 0 Å². The number of piperazine rings is 1. The van der Waals surface area contributed by atoms with Crippen LogP contribution in [-0.4, -0.2) is 83.8 Å². The van der Waals surface area contributed by atoms with Crippen LogP contribution >= 0.6 is 0 Å². The van der Waals surface area contributed by atoms with Gasteiger partial charge in [-0.05, 0) is 81.3 Å². The molecule has 9 nitrogen and oxygen atoms in total. The van der Waals surface area contributed by atoms with E-state index in [2.05, 4.69) is 31.3 Å². The van der Waals surface area contributed by atoms with Gasteiger partial charge >= 0.3 is 6.01 Å². The van der Waals surface area contributed by atoms with Crippen molar-refractivity contribution in [2.45, 2.75) is 50.6 Å². The minimum absolute atomic E-state index is 0.000902. The first-order valence-corrected chi connectivity index (χ1v) is 17.4. The summed E-state index contributed by atoms with van der Waals surface area (Å²) in [5, 5.41) is 17.7. The second-order valence-corrected chi connectivity index (χ2v) is 15.0. The molecule has 5 fully saturated rings. The number of hydrogen-bond donors (Lipinski definition) is 3. The summed E-state index contributed by atoms with van der Waals surface area (Å²) in [6.45, 7) is 4.87. The van der Waals surface area contributed by atoms with Gasteiger partial charge in [-0.1, -0.05) is 12.0 Å². The molecule has 1 spiro atoms. The highest BCUT2D eigenvalue weighted by molar-refractivity contribution is 6.04. The van der Waals surface area contributed by atoms with Crippen molar-refractivity contribution in [1.82, 2.24) is 25.5 Å². The number of hydrogen-bond acceptors (Lipinski definition) is 8. The fraction of sp³-hybridized carbons (Fsp3) is 0.447. The highest BCUT2D eigenvalue weighted by Crippen LogP contribution is 2.48. The lowest BCUT2D eigenvalue weighted by Crippen LogP contribution is -2.63. The second-order valence-electron chi connectivity index (χ2n) is 15.0. The van der Waals surface area contributed by atoms with Gasteiger partial charge in [0.25, 0.3) is 0 Å². The number of phenolic OH excluding ortho intramolecular Hbond substituents is 1. The molecule has 2 bridgehead atoms. The Morgan fingerprint density at radius 2 is 1.78 bits per heavy atom. The third-order valence-electron chi connectivity index (χ3n) is 11.7. The van der Waals surface area contributed by atoms with E-state index in [-0.39, 0.29) is 68.0 Å². The minimum Gasteiger partial charge on any atom is -0.508 e. The van der Waals surface area contributed by atoms with Crippen molar-refractivity contribution in [3.05, 3.63) is 53.3 Å². The van der Waals surface area contributed by atoms with Crippen LogP contribution in [0.4, 0.5) is 19.0 Å². The van der Waals surface area contributed by atoms with E-state index in [9.17, 15) is 14.3 Å². The van der Waals surface area contributed by atoms with E-state index in [1.165, 1.54) is 30.3 Å². The average Bonchev–Trinajstić information content (AvgIpc) is 3.80. The van der Waals surface area contributed by atoms with E-state index in [0.29, 0.717) is 30.9 Å². The first-order chi connectivity index (χ1) is 24.1. The molecule has 2 atom stereocenters. The number of terminal acetylenes is 1. The number of amides is 1. The van der Waals surface area contributed by atoms with Crippen LogP contribution in [0.25, 0.3) is 32.8 Å². The standard InChI is InChI=1S/C38H37F3N6O3/c1-2-25-28(39)6-3-21-13-24(48)14-26(30(21)25)31-29(40)15-27-33(32(31)41)44-36(45-34(27)47-16-22-4-5-23(17-47)43-22)50-20-37(7-8-37)19-46-11-9-38(10-12-46)18-42-35(38)49/h1,3,6,13-15,22-23,43,48H,4-5,7-12,16-20H2,(H,42,49). The van der Waals surface area contributed by atoms with Crippen LogP contribution < -0.4 is 20.3 Å². The third-order valence-corrected chi connectivity index (χ3v) is 11.7. The third kappa shape index (κ3) is 5.12. The Morgan fingerprint density at radius 3 is 2.44 bits per heavy atom. The second kappa shape index (κ2) is 11.5. The van der Waals surface area contributed by atoms with Gasteiger partial charge in [0.2, 0.25) is 5.91 Å². The summed E-state index contributed by atoms with van der Waals surface area (Å²) in [5.41, 5.74) is -1.14. The maximum Gasteiger partial charge on any atom is 0.319 e. The molecule has 4 aliphatic heterocycles. The Kier molecular flexibility index (Phi) is 7.20. The highest BCUT2D eigenvalue weighted by Gasteiger charge is 2.50. The zero-order chi connectivity index (χ0) is 34.4. The number of likely N-dealkylation sites (tertiary alicyclic amines) is 1. The Hall–Kier alpha value is -4.60. The molecule has 2 unspecified atom stereocenters. The average molecular weight is 683 g/mol. The highest BCUT2D eigenvalue weighted by atomic mass is 19.1. The molecule has 1 aliphatic carbocycles. The molecule has 12 heteroatoms. The lowest BCUT2D eigenvalue weighted by molar-refractivity contribution is -0.144. The largest absolute Gasteiger partial charge is 0.508 e. The first-order valence-electron chi connectivity index (χ1n) is 17.4. The van der Waals surface area contributed by atoms with Crippen LogP contribution in [0.5, 0.6) is 11.8 Å². The number of aromatic hydroxyl groups is 1. The van der Waals surface area contributed by atoms with Gasteiger partial charge in [0, 0.05) is 60.0 Å². The number of benzene rings is 3. The number of carbonyl (C=O) groups excluding carboxylic acids is 1. The minimum atomic E-state index is -0.978. The lowest BCUT2D eigenvalue weighted by atomic mass is 9.72. The van der Waals surface area contributed by atoms with Crippen LogP contribution in [0.15, 0.2) is 30.3 Å². The van der Waals surface area contributed by atoms with E-state index in [0.717, 1.165) is 64.7 Å². The van der Waals surface area contributed by atoms with Crippen molar-refractivity contribution in [3.8, 4) is 35.2 Å². The van der Waals surface area contributed by atoms with E-state index in [1.807, 2.05) is 0 Å². The number of β-lactam (4-membered cyclic amide) rings is 1. The van der Waals surface area contributed by atoms with Crippen molar-refractivity contribution in [1.29, 1.82) is 0 Å². The van der Waals surface area contributed by atoms with E-state index in [4.69, 9.17) is 16.1 Å². The molecule has 1 amide bonds. The number of ether oxygens (including phenoxy) is 1. The molecule has 5 aliphatic rings. The molecule has 50 heavy (non-hydrogen) atoms. The van der Waals surface area contributed by atoms with Crippen LogP contribution in [0, 0.1) is 40.6 Å². The molecular formula is C38H37F3N6O3. The smallest absolute Gasteiger partial charge is 0.319 e. The van der Waals surface area contributed by atoms with Gasteiger partial charge in [-0.15, -0.1) is 6.42 Å². The van der Waals surface area contributed by atoms with Crippen molar-refractivity contribution >= 4 is 33.4 Å². The van der Waals surface area contributed by atoms with E-state index >= 15 is 8.78 Å². The molecule has 3 N–H and O–H groups in total. The Balaban J connectivity index is 1.09. The predicted octanol–water partition coefficient (Wildman–Crippen LogP) is 4.87. The lowest BCUT2D eigenvalue weighted by Gasteiger charge is -2.47. The Morgan fingerprint density at radius 1 is 1.02 bits per heavy atom. The summed E-state index contributed by atoms with van der Waals surface area (Å²) in [6, 6.07) is 6.83. The first kappa shape index (κ1) is 31.4. The van der Waals surface area contributed by atoms with Crippen molar-refractivity contribution < 1.29 is 27.8 Å². The number of halogens is 3. The number of rotatable bonds is 7. The number of anilines is 1. The van der Waals surface area contributed by atoms with E-state index < -0.39 is 23.0 Å². The number of fused-ring (bicyclic) bond motifs is 4. The molecule has 4 aromatic rings. The maximum absolute atomic E-state index is 16.9. The Bertz CT molecular complexity index is 2110. The predicted molar refractivity (Wildman–Crippen MR) is 182 cm³/mol. The zero-order valence-corrected chi connectivity index (χ0v) is 27.5. The van der Waals surface area contributed by atoms with Crippen LogP contribution in [0.1, 0.15) is 44.1 Å². The van der Waals surface area contributed by atoms with Gasteiger partial charge in [-0.2, -0.15) is 9.97 Å². The monoisotopic (exact) mass is 682 g/mol. The summed E-state index contributed by atoms with van der Waals surface area (Å²) >= 11 is 0. The molecule has 0 radical (unpaired) electrons. The number of nitrogens with zero attached hydrogens (tertiary/aromatic N) is 4. The van der Waals surface area contributed by atoms with Gasteiger partial charge in [0.1, 0.15) is 28.7 Å². The summed E-state index contributed by atoms with van der Waals surface area (Å²) in [6.07, 6.45) is 11.3. The quantitative estimate of drug-likeness (QED) is 0.188. The number of nitrogens with one attached hydrogen (secondary N) is 2. The maximum atomic E-state index is 16.9. The van der Waals surface area contributed by atoms with Crippen molar-refractivity contribution in [3.63, 3.8) is 0 Å². The summed E-state index contributed by atoms with van der Waals surface area (Å²) in [7, 11) is 0. The van der Waals surface area contributed by atoms with Crippen LogP contribution in [-0.2, 0) is 4.79 Å². The molecule has 4 saturated heterocycles. The van der Waals surface area contributed by atoms with Gasteiger partial charge < -0.3 is 30.3 Å². The number of carbonyl (C=O) groups is 1. The van der Waals surface area contributed by atoms with Gasteiger partial charge in [0.15, 0.2) is 5.82 Å².